The topological polar surface area (TPSA) is 114 Å². The first kappa shape index (κ1) is 37.8. The Morgan fingerprint density at radius 3 is 1.69 bits per heavy atom. The lowest BCUT2D eigenvalue weighted by molar-refractivity contribution is -0.159. The van der Waals surface area contributed by atoms with Crippen molar-refractivity contribution in [3.05, 3.63) is 107 Å². The number of hydrogen-bond acceptors (Lipinski definition) is 6. The summed E-state index contributed by atoms with van der Waals surface area (Å²) in [5.74, 6) is -1.56. The third-order valence-corrected chi connectivity index (χ3v) is 7.35. The Bertz CT molecular complexity index is 1510. The molecule has 0 saturated carbocycles. The minimum Gasteiger partial charge on any atom is -0.458 e. The summed E-state index contributed by atoms with van der Waals surface area (Å²) in [7, 11) is 0. The van der Waals surface area contributed by atoms with Gasteiger partial charge in [-0.15, -0.1) is 0 Å². The number of ether oxygens (including phenoxy) is 2. The number of esters is 1. The second kappa shape index (κ2) is 16.9. The van der Waals surface area contributed by atoms with Crippen LogP contribution in [-0.2, 0) is 36.7 Å². The minimum atomic E-state index is -1.11. The highest BCUT2D eigenvalue weighted by Crippen LogP contribution is 2.27. The summed E-state index contributed by atoms with van der Waals surface area (Å²) in [4.78, 5) is 57.3. The van der Waals surface area contributed by atoms with Gasteiger partial charge in [-0.3, -0.25) is 9.59 Å². The first-order valence-corrected chi connectivity index (χ1v) is 16.5. The second-order valence-corrected chi connectivity index (χ2v) is 14.0. The highest BCUT2D eigenvalue weighted by molar-refractivity contribution is 5.94. The van der Waals surface area contributed by atoms with Crippen molar-refractivity contribution in [2.45, 2.75) is 104 Å². The van der Waals surface area contributed by atoms with E-state index in [0.29, 0.717) is 12.0 Å². The molecule has 9 heteroatoms. The second-order valence-electron chi connectivity index (χ2n) is 14.0. The van der Waals surface area contributed by atoms with Gasteiger partial charge in [0.15, 0.2) is 0 Å². The molecule has 0 aromatic heterocycles. The Morgan fingerprint density at radius 2 is 1.19 bits per heavy atom. The number of amides is 3. The summed E-state index contributed by atoms with van der Waals surface area (Å²) in [6.07, 6.45) is 0.167. The number of nitrogens with one attached hydrogen (secondary N) is 2. The van der Waals surface area contributed by atoms with E-state index in [4.69, 9.17) is 9.47 Å². The van der Waals surface area contributed by atoms with Crippen LogP contribution in [0.4, 0.5) is 4.79 Å². The van der Waals surface area contributed by atoms with Crippen LogP contribution >= 0.6 is 0 Å². The van der Waals surface area contributed by atoms with Crippen LogP contribution in [0.15, 0.2) is 84.9 Å². The normalized spacial score (nSPS) is 13.4. The van der Waals surface area contributed by atoms with E-state index in [2.05, 4.69) is 10.6 Å². The summed E-state index contributed by atoms with van der Waals surface area (Å²) in [6, 6.07) is 22.9. The summed E-state index contributed by atoms with van der Waals surface area (Å²) < 4.78 is 11.3. The molecule has 9 nitrogen and oxygen atoms in total. The summed E-state index contributed by atoms with van der Waals surface area (Å²) in [6.45, 7) is 14.6. The third-order valence-electron chi connectivity index (χ3n) is 7.35. The summed E-state index contributed by atoms with van der Waals surface area (Å²) in [5.41, 5.74) is 1.50. The molecule has 3 amide bonds. The lowest BCUT2D eigenvalue weighted by Crippen LogP contribution is -2.55. The predicted octanol–water partition coefficient (Wildman–Crippen LogP) is 6.48. The van der Waals surface area contributed by atoms with Crippen molar-refractivity contribution < 1.29 is 28.7 Å². The maximum Gasteiger partial charge on any atom is 0.408 e. The molecule has 0 heterocycles. The van der Waals surface area contributed by atoms with Crippen molar-refractivity contribution in [2.24, 2.45) is 0 Å². The van der Waals surface area contributed by atoms with Gasteiger partial charge in [0.2, 0.25) is 11.8 Å². The zero-order chi connectivity index (χ0) is 35.5. The molecule has 3 aromatic rings. The van der Waals surface area contributed by atoms with Crippen LogP contribution in [0.25, 0.3) is 0 Å². The molecule has 3 aromatic carbocycles. The van der Waals surface area contributed by atoms with Gasteiger partial charge in [-0.25, -0.2) is 9.59 Å². The largest absolute Gasteiger partial charge is 0.458 e. The van der Waals surface area contributed by atoms with Crippen molar-refractivity contribution in [1.29, 1.82) is 0 Å². The van der Waals surface area contributed by atoms with Crippen LogP contribution in [-0.4, -0.2) is 58.6 Å². The van der Waals surface area contributed by atoms with E-state index in [9.17, 15) is 19.2 Å². The fourth-order valence-corrected chi connectivity index (χ4v) is 5.32. The summed E-state index contributed by atoms with van der Waals surface area (Å²) >= 11 is 0. The van der Waals surface area contributed by atoms with Crippen molar-refractivity contribution in [1.82, 2.24) is 15.5 Å². The predicted molar refractivity (Wildman–Crippen MR) is 187 cm³/mol. The molecule has 0 saturated heterocycles. The number of benzene rings is 3. The van der Waals surface area contributed by atoms with Gasteiger partial charge >= 0.3 is 12.1 Å². The average molecular weight is 658 g/mol. The molecule has 3 rings (SSSR count). The van der Waals surface area contributed by atoms with Crippen LogP contribution in [0.3, 0.4) is 0 Å². The maximum absolute atomic E-state index is 14.7. The zero-order valence-corrected chi connectivity index (χ0v) is 29.5. The SMILES string of the molecule is CCCN(C(=O)C(Cc1ccccc1)NC(=O)OC(C)(C)C)C(C(=O)NC(Cc1ccccc1)C(=O)OC(C)(C)C)c1ccccc1C. The molecule has 0 aliphatic carbocycles. The smallest absolute Gasteiger partial charge is 0.408 e. The van der Waals surface area contributed by atoms with Gasteiger partial charge in [0.05, 0.1) is 0 Å². The highest BCUT2D eigenvalue weighted by atomic mass is 16.6. The first-order valence-electron chi connectivity index (χ1n) is 16.5. The molecule has 2 N–H and O–H groups in total. The number of aryl methyl sites for hydroxylation is 1. The van der Waals surface area contributed by atoms with E-state index in [1.165, 1.54) is 4.90 Å². The van der Waals surface area contributed by atoms with Crippen molar-refractivity contribution in [3.8, 4) is 0 Å². The molecule has 48 heavy (non-hydrogen) atoms. The molecule has 0 aliphatic rings. The molecule has 0 fully saturated rings. The zero-order valence-electron chi connectivity index (χ0n) is 29.5. The first-order chi connectivity index (χ1) is 22.6. The average Bonchev–Trinajstić information content (AvgIpc) is 3.00. The van der Waals surface area contributed by atoms with E-state index in [1.54, 1.807) is 41.5 Å². The number of carbonyl (C=O) groups is 4. The fourth-order valence-electron chi connectivity index (χ4n) is 5.32. The maximum atomic E-state index is 14.7. The van der Waals surface area contributed by atoms with E-state index >= 15 is 0 Å². The minimum absolute atomic E-state index is 0.176. The van der Waals surface area contributed by atoms with Gasteiger partial charge < -0.3 is 25.0 Å². The summed E-state index contributed by atoms with van der Waals surface area (Å²) in [5, 5.41) is 5.73. The van der Waals surface area contributed by atoms with E-state index < -0.39 is 53.2 Å². The van der Waals surface area contributed by atoms with Crippen LogP contribution in [0, 0.1) is 6.92 Å². The Morgan fingerprint density at radius 1 is 0.688 bits per heavy atom. The Kier molecular flexibility index (Phi) is 13.3. The van der Waals surface area contributed by atoms with Crippen LogP contribution < -0.4 is 10.6 Å². The van der Waals surface area contributed by atoms with Crippen molar-refractivity contribution in [2.75, 3.05) is 6.54 Å². The molecular formula is C39H51N3O6. The van der Waals surface area contributed by atoms with Crippen LogP contribution in [0.1, 0.15) is 83.2 Å². The molecule has 0 aliphatic heterocycles. The van der Waals surface area contributed by atoms with Gasteiger partial charge in [-0.2, -0.15) is 0 Å². The number of carbonyl (C=O) groups excluding carboxylic acids is 4. The monoisotopic (exact) mass is 657 g/mol. The van der Waals surface area contributed by atoms with E-state index in [-0.39, 0.29) is 19.4 Å². The quantitative estimate of drug-likeness (QED) is 0.204. The number of nitrogens with zero attached hydrogens (tertiary/aromatic N) is 1. The van der Waals surface area contributed by atoms with Crippen molar-refractivity contribution in [3.63, 3.8) is 0 Å². The number of hydrogen-bond donors (Lipinski definition) is 2. The van der Waals surface area contributed by atoms with Gasteiger partial charge in [-0.1, -0.05) is 91.9 Å². The molecule has 3 atom stereocenters. The van der Waals surface area contributed by atoms with Gasteiger partial charge in [-0.05, 0) is 77.1 Å². The fraction of sp³-hybridized carbons (Fsp3) is 0.436. The van der Waals surface area contributed by atoms with E-state index in [0.717, 1.165) is 16.7 Å². The Balaban J connectivity index is 2.08. The molecule has 258 valence electrons. The lowest BCUT2D eigenvalue weighted by atomic mass is 9.96. The highest BCUT2D eigenvalue weighted by Gasteiger charge is 2.38. The Hall–Kier alpha value is -4.66. The number of alkyl carbamates (subject to hydrolysis) is 1. The lowest BCUT2D eigenvalue weighted by Gasteiger charge is -2.36. The van der Waals surface area contributed by atoms with Gasteiger partial charge in [0.25, 0.3) is 0 Å². The van der Waals surface area contributed by atoms with Crippen molar-refractivity contribution >= 4 is 23.9 Å². The standard InChI is InChI=1S/C39H51N3O6/c1-9-24-42(35(44)31(25-28-19-12-10-13-20-28)41-37(46)48-39(6,7)8)33(30-23-17-16-18-27(30)2)34(43)40-32(36(45)47-38(3,4)5)26-29-21-14-11-15-22-29/h10-23,31-33H,9,24-26H2,1-8H3,(H,40,43)(H,41,46). The molecule has 0 bridgehead atoms. The molecular weight excluding hydrogens is 606 g/mol. The van der Waals surface area contributed by atoms with Gasteiger partial charge in [0.1, 0.15) is 29.3 Å². The molecule has 0 spiro atoms. The number of rotatable bonds is 13. The van der Waals surface area contributed by atoms with Crippen LogP contribution in [0.2, 0.25) is 0 Å². The van der Waals surface area contributed by atoms with Crippen LogP contribution in [0.5, 0.6) is 0 Å². The third kappa shape index (κ3) is 11.9. The van der Waals surface area contributed by atoms with E-state index in [1.807, 2.05) is 98.8 Å². The molecule has 3 unspecified atom stereocenters. The Labute approximate surface area is 285 Å². The molecule has 0 radical (unpaired) electrons. The van der Waals surface area contributed by atoms with Gasteiger partial charge in [0, 0.05) is 19.4 Å².